The Hall–Kier alpha value is -2.89. The van der Waals surface area contributed by atoms with Gasteiger partial charge in [-0.15, -0.1) is 0 Å². The quantitative estimate of drug-likeness (QED) is 0.898. The molecule has 2 heterocycles. The molecule has 2 amide bonds. The summed E-state index contributed by atoms with van der Waals surface area (Å²) in [7, 11) is 1.55. The van der Waals surface area contributed by atoms with Crippen LogP contribution in [-0.2, 0) is 0 Å². The van der Waals surface area contributed by atoms with Crippen LogP contribution in [0.1, 0.15) is 18.9 Å². The third-order valence-electron chi connectivity index (χ3n) is 4.48. The van der Waals surface area contributed by atoms with Gasteiger partial charge in [0.1, 0.15) is 5.82 Å². The van der Waals surface area contributed by atoms with Crippen LogP contribution in [-0.4, -0.2) is 36.1 Å². The average molecular weight is 355 g/mol. The number of amides is 2. The molecule has 2 aromatic rings. The zero-order chi connectivity index (χ0) is 18.5. The zero-order valence-corrected chi connectivity index (χ0v) is 14.9. The van der Waals surface area contributed by atoms with E-state index in [4.69, 9.17) is 4.74 Å². The second kappa shape index (κ2) is 7.99. The van der Waals surface area contributed by atoms with Crippen molar-refractivity contribution in [2.45, 2.75) is 13.3 Å². The standard InChI is InChI=1S/C20H22FN3O2/c1-14-13-24(20(25)23-18-6-7-19(26-2)22-12-18)9-8-16(14)10-15-4-3-5-17(21)11-15/h3-7,10-12,14H,8-9,13H2,1-2H3,(H,23,25). The van der Waals surface area contributed by atoms with E-state index < -0.39 is 0 Å². The maximum absolute atomic E-state index is 13.3. The number of carbonyl (C=O) groups excluding carboxylic acids is 1. The summed E-state index contributed by atoms with van der Waals surface area (Å²) in [4.78, 5) is 18.3. The lowest BCUT2D eigenvalue weighted by molar-refractivity contribution is 0.198. The van der Waals surface area contributed by atoms with Crippen molar-refractivity contribution in [2.75, 3.05) is 25.5 Å². The highest BCUT2D eigenvalue weighted by Crippen LogP contribution is 2.25. The van der Waals surface area contributed by atoms with Gasteiger partial charge in [-0.3, -0.25) is 0 Å². The lowest BCUT2D eigenvalue weighted by Crippen LogP contribution is -2.42. The number of benzene rings is 1. The number of halogens is 1. The highest BCUT2D eigenvalue weighted by Gasteiger charge is 2.24. The molecule has 1 aliphatic rings. The first-order valence-electron chi connectivity index (χ1n) is 8.57. The summed E-state index contributed by atoms with van der Waals surface area (Å²) in [6.45, 7) is 3.33. The number of rotatable bonds is 3. The number of piperidine rings is 1. The lowest BCUT2D eigenvalue weighted by atomic mass is 9.91. The molecule has 3 rings (SSSR count). The summed E-state index contributed by atoms with van der Waals surface area (Å²) in [6.07, 6.45) is 4.36. The van der Waals surface area contributed by atoms with Gasteiger partial charge in [0.05, 0.1) is 19.0 Å². The second-order valence-corrected chi connectivity index (χ2v) is 6.39. The van der Waals surface area contributed by atoms with E-state index in [1.807, 2.05) is 12.1 Å². The molecule has 1 unspecified atom stereocenters. The molecule has 0 saturated carbocycles. The van der Waals surface area contributed by atoms with Crippen LogP contribution in [0.4, 0.5) is 14.9 Å². The van der Waals surface area contributed by atoms with E-state index in [1.54, 1.807) is 36.4 Å². The van der Waals surface area contributed by atoms with Crippen molar-refractivity contribution < 1.29 is 13.9 Å². The number of anilines is 1. The number of likely N-dealkylation sites (tertiary alicyclic amines) is 1. The zero-order valence-electron chi connectivity index (χ0n) is 14.9. The number of carbonyl (C=O) groups is 1. The number of pyridine rings is 1. The van der Waals surface area contributed by atoms with Gasteiger partial charge in [-0.2, -0.15) is 0 Å². The van der Waals surface area contributed by atoms with Crippen molar-refractivity contribution in [1.29, 1.82) is 0 Å². The number of hydrogen-bond donors (Lipinski definition) is 1. The summed E-state index contributed by atoms with van der Waals surface area (Å²) < 4.78 is 18.3. The number of nitrogens with zero attached hydrogens (tertiary/aromatic N) is 2. The van der Waals surface area contributed by atoms with E-state index in [0.717, 1.165) is 12.0 Å². The molecular weight excluding hydrogens is 333 g/mol. The van der Waals surface area contributed by atoms with Crippen LogP contribution in [0.2, 0.25) is 0 Å². The minimum atomic E-state index is -0.239. The van der Waals surface area contributed by atoms with Crippen molar-refractivity contribution in [1.82, 2.24) is 9.88 Å². The molecule has 0 aliphatic carbocycles. The first-order valence-corrected chi connectivity index (χ1v) is 8.57. The molecule has 136 valence electrons. The van der Waals surface area contributed by atoms with Gasteiger partial charge >= 0.3 is 6.03 Å². The maximum atomic E-state index is 13.3. The Labute approximate surface area is 152 Å². The number of urea groups is 1. The van der Waals surface area contributed by atoms with Crippen LogP contribution in [0.5, 0.6) is 5.88 Å². The molecule has 1 N–H and O–H groups in total. The summed E-state index contributed by atoms with van der Waals surface area (Å²) in [5.41, 5.74) is 2.71. The fraction of sp³-hybridized carbons (Fsp3) is 0.300. The molecular formula is C20H22FN3O2. The Morgan fingerprint density at radius 1 is 1.38 bits per heavy atom. The van der Waals surface area contributed by atoms with Gasteiger partial charge in [-0.1, -0.05) is 30.7 Å². The summed E-state index contributed by atoms with van der Waals surface area (Å²) in [6, 6.07) is 9.87. The van der Waals surface area contributed by atoms with Gasteiger partial charge in [0.2, 0.25) is 5.88 Å². The molecule has 1 aromatic heterocycles. The number of hydrogen-bond acceptors (Lipinski definition) is 3. The van der Waals surface area contributed by atoms with E-state index in [-0.39, 0.29) is 17.8 Å². The van der Waals surface area contributed by atoms with Gasteiger partial charge in [0, 0.05) is 19.2 Å². The lowest BCUT2D eigenvalue weighted by Gasteiger charge is -2.33. The molecule has 0 bridgehead atoms. The Bertz CT molecular complexity index is 805. The maximum Gasteiger partial charge on any atom is 0.321 e. The smallest absolute Gasteiger partial charge is 0.321 e. The molecule has 1 aliphatic heterocycles. The predicted molar refractivity (Wildman–Crippen MR) is 99.5 cm³/mol. The van der Waals surface area contributed by atoms with E-state index in [2.05, 4.69) is 17.2 Å². The molecule has 6 heteroatoms. The van der Waals surface area contributed by atoms with Crippen molar-refractivity contribution in [2.24, 2.45) is 5.92 Å². The van der Waals surface area contributed by atoms with Gasteiger partial charge < -0.3 is 15.0 Å². The van der Waals surface area contributed by atoms with Crippen molar-refractivity contribution in [3.63, 3.8) is 0 Å². The Morgan fingerprint density at radius 2 is 2.23 bits per heavy atom. The molecule has 26 heavy (non-hydrogen) atoms. The van der Waals surface area contributed by atoms with Crippen molar-refractivity contribution >= 4 is 17.8 Å². The predicted octanol–water partition coefficient (Wildman–Crippen LogP) is 4.19. The minimum Gasteiger partial charge on any atom is -0.481 e. The first kappa shape index (κ1) is 17.9. The molecule has 1 atom stereocenters. The highest BCUT2D eigenvalue weighted by molar-refractivity contribution is 5.89. The Kier molecular flexibility index (Phi) is 5.51. The summed E-state index contributed by atoms with van der Waals surface area (Å²) >= 11 is 0. The highest BCUT2D eigenvalue weighted by atomic mass is 19.1. The Balaban J connectivity index is 1.61. The van der Waals surface area contributed by atoms with Crippen LogP contribution in [0.25, 0.3) is 6.08 Å². The molecule has 1 aromatic carbocycles. The SMILES string of the molecule is COc1ccc(NC(=O)N2CCC(=Cc3cccc(F)c3)C(C)C2)cn1. The molecule has 1 saturated heterocycles. The number of nitrogens with one attached hydrogen (secondary N) is 1. The first-order chi connectivity index (χ1) is 12.5. The topological polar surface area (TPSA) is 54.5 Å². The second-order valence-electron chi connectivity index (χ2n) is 6.39. The molecule has 0 spiro atoms. The summed E-state index contributed by atoms with van der Waals surface area (Å²) in [5.74, 6) is 0.477. The third kappa shape index (κ3) is 4.39. The molecule has 5 nitrogen and oxygen atoms in total. The normalized spacial score (nSPS) is 18.7. The van der Waals surface area contributed by atoms with Crippen LogP contribution >= 0.6 is 0 Å². The van der Waals surface area contributed by atoms with Crippen LogP contribution in [0, 0.1) is 11.7 Å². The fourth-order valence-corrected chi connectivity index (χ4v) is 3.04. The number of methoxy groups -OCH3 is 1. The van der Waals surface area contributed by atoms with Gasteiger partial charge in [0.25, 0.3) is 0 Å². The Morgan fingerprint density at radius 3 is 2.88 bits per heavy atom. The minimum absolute atomic E-state index is 0.145. The van der Waals surface area contributed by atoms with Crippen LogP contribution in [0.3, 0.4) is 0 Å². The van der Waals surface area contributed by atoms with E-state index in [9.17, 15) is 9.18 Å². The van der Waals surface area contributed by atoms with Gasteiger partial charge in [-0.25, -0.2) is 14.2 Å². The van der Waals surface area contributed by atoms with Crippen molar-refractivity contribution in [3.05, 3.63) is 59.5 Å². The van der Waals surface area contributed by atoms with E-state index in [1.165, 1.54) is 17.7 Å². The molecule has 1 fully saturated rings. The largest absolute Gasteiger partial charge is 0.481 e. The molecule has 0 radical (unpaired) electrons. The average Bonchev–Trinajstić information content (AvgIpc) is 2.64. The van der Waals surface area contributed by atoms with Crippen LogP contribution in [0.15, 0.2) is 48.2 Å². The van der Waals surface area contributed by atoms with Gasteiger partial charge in [0.15, 0.2) is 0 Å². The monoisotopic (exact) mass is 355 g/mol. The fourth-order valence-electron chi connectivity index (χ4n) is 3.04. The summed E-state index contributed by atoms with van der Waals surface area (Å²) in [5, 5.41) is 2.86. The van der Waals surface area contributed by atoms with E-state index in [0.29, 0.717) is 24.7 Å². The third-order valence-corrected chi connectivity index (χ3v) is 4.48. The van der Waals surface area contributed by atoms with E-state index >= 15 is 0 Å². The number of aromatic nitrogens is 1. The van der Waals surface area contributed by atoms with Crippen molar-refractivity contribution in [3.8, 4) is 5.88 Å². The van der Waals surface area contributed by atoms with Crippen LogP contribution < -0.4 is 10.1 Å². The van der Waals surface area contributed by atoms with Gasteiger partial charge in [-0.05, 0) is 36.1 Å². The number of ether oxygens (including phenoxy) is 1.